The van der Waals surface area contributed by atoms with E-state index < -0.39 is 10.0 Å². The van der Waals surface area contributed by atoms with E-state index in [4.69, 9.17) is 16.3 Å². The van der Waals surface area contributed by atoms with Gasteiger partial charge in [-0.1, -0.05) is 36.2 Å². The molecule has 0 aromatic heterocycles. The van der Waals surface area contributed by atoms with Crippen molar-refractivity contribution >= 4 is 33.2 Å². The first-order chi connectivity index (χ1) is 14.4. The summed E-state index contributed by atoms with van der Waals surface area (Å²) in [6.07, 6.45) is 4.48. The number of benzene rings is 2. The van der Waals surface area contributed by atoms with Gasteiger partial charge in [0.15, 0.2) is 0 Å². The minimum absolute atomic E-state index is 0.0970. The predicted octanol–water partition coefficient (Wildman–Crippen LogP) is 3.85. The molecule has 2 fully saturated rings. The monoisotopic (exact) mass is 448 g/mol. The Hall–Kier alpha value is -2.25. The summed E-state index contributed by atoms with van der Waals surface area (Å²) in [5.41, 5.74) is 0.233. The lowest BCUT2D eigenvalue weighted by molar-refractivity contribution is -0.120. The van der Waals surface area contributed by atoms with Crippen molar-refractivity contribution < 1.29 is 17.9 Å². The summed E-state index contributed by atoms with van der Waals surface area (Å²) in [5.74, 6) is 1.18. The molecule has 0 unspecified atom stereocenters. The number of sulfonamides is 1. The number of nitrogens with zero attached hydrogens (tertiary/aromatic N) is 1. The van der Waals surface area contributed by atoms with E-state index >= 15 is 0 Å². The minimum Gasteiger partial charge on any atom is -0.495 e. The van der Waals surface area contributed by atoms with Crippen LogP contribution in [0.2, 0.25) is 5.02 Å². The van der Waals surface area contributed by atoms with E-state index in [9.17, 15) is 13.2 Å². The number of amides is 1. The number of methoxy groups -OCH3 is 1. The standard InChI is InChI=1S/C22H25ClN2O4S/c1-29-21-10-9-17(23)13-20(21)25(30(27,28)18-5-3-2-4-6-18)14-22(26)24-19-12-15-7-8-16(19)11-15/h2-6,9-10,13,15-16,19H,7-8,11-12,14H2,1H3,(H,24,26)/t15-,16-,19+/m1/s1. The van der Waals surface area contributed by atoms with Crippen LogP contribution in [0.3, 0.4) is 0 Å². The number of hydrogen-bond donors (Lipinski definition) is 1. The van der Waals surface area contributed by atoms with E-state index in [-0.39, 0.29) is 29.1 Å². The molecule has 30 heavy (non-hydrogen) atoms. The van der Waals surface area contributed by atoms with Gasteiger partial charge in [0, 0.05) is 11.1 Å². The quantitative estimate of drug-likeness (QED) is 0.698. The van der Waals surface area contributed by atoms with Gasteiger partial charge in [-0.15, -0.1) is 0 Å². The summed E-state index contributed by atoms with van der Waals surface area (Å²) >= 11 is 6.15. The van der Waals surface area contributed by atoms with E-state index in [1.54, 1.807) is 30.3 Å². The van der Waals surface area contributed by atoms with Gasteiger partial charge in [0.05, 0.1) is 17.7 Å². The lowest BCUT2D eigenvalue weighted by Crippen LogP contribution is -2.46. The molecule has 8 heteroatoms. The van der Waals surface area contributed by atoms with Crippen LogP contribution < -0.4 is 14.4 Å². The molecule has 0 spiro atoms. The van der Waals surface area contributed by atoms with Gasteiger partial charge in [-0.2, -0.15) is 0 Å². The molecule has 1 amide bonds. The number of ether oxygens (including phenoxy) is 1. The second kappa shape index (κ2) is 8.47. The number of carbonyl (C=O) groups excluding carboxylic acids is 1. The molecule has 2 aliphatic carbocycles. The molecule has 2 bridgehead atoms. The Morgan fingerprint density at radius 2 is 1.93 bits per heavy atom. The highest BCUT2D eigenvalue weighted by atomic mass is 35.5. The van der Waals surface area contributed by atoms with E-state index in [1.165, 1.54) is 31.7 Å². The first-order valence-corrected chi connectivity index (χ1v) is 11.9. The fourth-order valence-corrected chi connectivity index (χ4v) is 6.29. The summed E-state index contributed by atoms with van der Waals surface area (Å²) < 4.78 is 33.4. The Labute approximate surface area is 182 Å². The highest BCUT2D eigenvalue weighted by Gasteiger charge is 2.40. The van der Waals surface area contributed by atoms with Gasteiger partial charge in [-0.05, 0) is 61.4 Å². The van der Waals surface area contributed by atoms with Crippen LogP contribution in [0.5, 0.6) is 5.75 Å². The maximum atomic E-state index is 13.5. The Morgan fingerprint density at radius 1 is 1.17 bits per heavy atom. The summed E-state index contributed by atoms with van der Waals surface area (Å²) in [6.45, 7) is -0.345. The van der Waals surface area contributed by atoms with Crippen molar-refractivity contribution in [1.82, 2.24) is 5.32 Å². The Balaban J connectivity index is 1.65. The van der Waals surface area contributed by atoms with Gasteiger partial charge in [-0.25, -0.2) is 8.42 Å². The average Bonchev–Trinajstić information content (AvgIpc) is 3.36. The SMILES string of the molecule is COc1ccc(Cl)cc1N(CC(=O)N[C@H]1C[C@@H]2CC[C@@H]1C2)S(=O)(=O)c1ccccc1. The molecule has 0 heterocycles. The second-order valence-electron chi connectivity index (χ2n) is 7.99. The molecule has 2 aromatic carbocycles. The zero-order valence-electron chi connectivity index (χ0n) is 16.8. The van der Waals surface area contributed by atoms with Crippen LogP contribution in [0.1, 0.15) is 25.7 Å². The molecule has 2 saturated carbocycles. The molecule has 0 aliphatic heterocycles. The Morgan fingerprint density at radius 3 is 2.57 bits per heavy atom. The van der Waals surface area contributed by atoms with Gasteiger partial charge < -0.3 is 10.1 Å². The molecule has 4 rings (SSSR count). The molecule has 6 nitrogen and oxygen atoms in total. The summed E-state index contributed by atoms with van der Waals surface area (Å²) in [5, 5.41) is 3.42. The third-order valence-electron chi connectivity index (χ3n) is 6.11. The van der Waals surface area contributed by atoms with Crippen LogP contribution in [-0.2, 0) is 14.8 Å². The molecule has 3 atom stereocenters. The van der Waals surface area contributed by atoms with Crippen LogP contribution >= 0.6 is 11.6 Å². The molecule has 2 aromatic rings. The molecule has 2 aliphatic rings. The zero-order valence-corrected chi connectivity index (χ0v) is 18.3. The van der Waals surface area contributed by atoms with Gasteiger partial charge >= 0.3 is 0 Å². The Bertz CT molecular complexity index is 1030. The Kier molecular flexibility index (Phi) is 5.93. The first-order valence-electron chi connectivity index (χ1n) is 10.1. The largest absolute Gasteiger partial charge is 0.495 e. The topological polar surface area (TPSA) is 75.7 Å². The van der Waals surface area contributed by atoms with Crippen LogP contribution in [0, 0.1) is 11.8 Å². The van der Waals surface area contributed by atoms with Crippen molar-refractivity contribution in [2.45, 2.75) is 36.6 Å². The highest BCUT2D eigenvalue weighted by Crippen LogP contribution is 2.44. The summed E-state index contributed by atoms with van der Waals surface area (Å²) in [6, 6.07) is 12.9. The van der Waals surface area contributed by atoms with E-state index in [1.807, 2.05) is 0 Å². The molecular formula is C22H25ClN2O4S. The van der Waals surface area contributed by atoms with E-state index in [0.717, 1.165) is 23.6 Å². The lowest BCUT2D eigenvalue weighted by Gasteiger charge is -2.28. The van der Waals surface area contributed by atoms with Crippen molar-refractivity contribution in [3.8, 4) is 5.75 Å². The van der Waals surface area contributed by atoms with Crippen LogP contribution in [0.25, 0.3) is 0 Å². The lowest BCUT2D eigenvalue weighted by atomic mass is 9.95. The fourth-order valence-electron chi connectivity index (χ4n) is 4.68. The van der Waals surface area contributed by atoms with Crippen molar-refractivity contribution in [2.75, 3.05) is 18.0 Å². The molecule has 1 N–H and O–H groups in total. The number of anilines is 1. The summed E-state index contributed by atoms with van der Waals surface area (Å²) in [4.78, 5) is 13.0. The smallest absolute Gasteiger partial charge is 0.264 e. The third-order valence-corrected chi connectivity index (χ3v) is 8.12. The van der Waals surface area contributed by atoms with Crippen molar-refractivity contribution in [3.63, 3.8) is 0 Å². The molecular weight excluding hydrogens is 424 g/mol. The van der Waals surface area contributed by atoms with Crippen molar-refractivity contribution in [1.29, 1.82) is 0 Å². The van der Waals surface area contributed by atoms with Crippen LogP contribution in [0.15, 0.2) is 53.4 Å². The van der Waals surface area contributed by atoms with Crippen LogP contribution in [-0.4, -0.2) is 34.0 Å². The molecule has 160 valence electrons. The molecule has 0 radical (unpaired) electrons. The number of halogens is 1. The third kappa shape index (κ3) is 4.14. The number of hydrogen-bond acceptors (Lipinski definition) is 4. The number of carbonyl (C=O) groups is 1. The highest BCUT2D eigenvalue weighted by molar-refractivity contribution is 7.92. The number of fused-ring (bicyclic) bond motifs is 2. The number of nitrogens with one attached hydrogen (secondary N) is 1. The minimum atomic E-state index is -4.01. The van der Waals surface area contributed by atoms with Crippen molar-refractivity contribution in [2.24, 2.45) is 11.8 Å². The summed E-state index contributed by atoms with van der Waals surface area (Å²) in [7, 11) is -2.55. The van der Waals surface area contributed by atoms with Gasteiger partial charge in [0.25, 0.3) is 10.0 Å². The first kappa shape index (κ1) is 21.0. The van der Waals surface area contributed by atoms with Gasteiger partial charge in [0.2, 0.25) is 5.91 Å². The predicted molar refractivity (Wildman–Crippen MR) is 116 cm³/mol. The second-order valence-corrected chi connectivity index (χ2v) is 10.3. The van der Waals surface area contributed by atoms with E-state index in [2.05, 4.69) is 5.32 Å². The number of rotatable bonds is 7. The van der Waals surface area contributed by atoms with Crippen LogP contribution in [0.4, 0.5) is 5.69 Å². The van der Waals surface area contributed by atoms with Gasteiger partial charge in [-0.3, -0.25) is 9.10 Å². The van der Waals surface area contributed by atoms with Gasteiger partial charge in [0.1, 0.15) is 12.3 Å². The normalized spacial score (nSPS) is 22.7. The maximum absolute atomic E-state index is 13.5. The van der Waals surface area contributed by atoms with E-state index in [0.29, 0.717) is 22.6 Å². The zero-order chi connectivity index (χ0) is 21.3. The fraction of sp³-hybridized carbons (Fsp3) is 0.409. The maximum Gasteiger partial charge on any atom is 0.264 e. The van der Waals surface area contributed by atoms with Crippen molar-refractivity contribution in [3.05, 3.63) is 53.6 Å². The average molecular weight is 449 g/mol. The molecule has 0 saturated heterocycles.